The van der Waals surface area contributed by atoms with Crippen molar-refractivity contribution in [2.75, 3.05) is 0 Å². The second-order valence-corrected chi connectivity index (χ2v) is 3.97. The highest BCUT2D eigenvalue weighted by atomic mass is 19.4. The smallest absolute Gasteiger partial charge is 0.389 e. The molecule has 0 amide bonds. The maximum Gasteiger partial charge on any atom is 0.389 e. The van der Waals surface area contributed by atoms with E-state index in [1.807, 2.05) is 0 Å². The lowest BCUT2D eigenvalue weighted by Gasteiger charge is -2.16. The second kappa shape index (κ2) is 5.70. The summed E-state index contributed by atoms with van der Waals surface area (Å²) in [5.74, 6) is -2.11. The molecule has 0 radical (unpaired) electrons. The van der Waals surface area contributed by atoms with Crippen molar-refractivity contribution in [2.24, 2.45) is 5.92 Å². The zero-order valence-electron chi connectivity index (χ0n) is 9.07. The molecule has 0 saturated heterocycles. The zero-order chi connectivity index (χ0) is 12.9. The van der Waals surface area contributed by atoms with Crippen LogP contribution in [0.25, 0.3) is 0 Å². The highest BCUT2D eigenvalue weighted by Crippen LogP contribution is 2.28. The van der Waals surface area contributed by atoms with Gasteiger partial charge in [0.1, 0.15) is 0 Å². The minimum atomic E-state index is -4.32. The lowest BCUT2D eigenvalue weighted by atomic mass is 9.93. The van der Waals surface area contributed by atoms with Crippen LogP contribution in [0.2, 0.25) is 0 Å². The quantitative estimate of drug-likeness (QED) is 0.865. The third kappa shape index (κ3) is 5.94. The van der Waals surface area contributed by atoms with Gasteiger partial charge < -0.3 is 5.11 Å². The molecule has 5 heteroatoms. The van der Waals surface area contributed by atoms with Crippen molar-refractivity contribution in [3.05, 3.63) is 35.9 Å². The molecule has 1 aromatic rings. The second-order valence-electron chi connectivity index (χ2n) is 3.97. The van der Waals surface area contributed by atoms with Gasteiger partial charge in [0.15, 0.2) is 0 Å². The molecule has 1 rings (SSSR count). The summed E-state index contributed by atoms with van der Waals surface area (Å²) in [4.78, 5) is 10.5. The van der Waals surface area contributed by atoms with Crippen molar-refractivity contribution >= 4 is 5.97 Å². The fourth-order valence-electron chi connectivity index (χ4n) is 1.74. The average Bonchev–Trinajstić information content (AvgIpc) is 2.15. The van der Waals surface area contributed by atoms with Crippen LogP contribution in [-0.2, 0) is 11.2 Å². The van der Waals surface area contributed by atoms with E-state index in [0.717, 1.165) is 5.56 Å². The Balaban J connectivity index is 2.67. The van der Waals surface area contributed by atoms with Gasteiger partial charge in [-0.15, -0.1) is 0 Å². The average molecular weight is 246 g/mol. The molecule has 1 N–H and O–H groups in total. The Hall–Kier alpha value is -1.52. The molecule has 17 heavy (non-hydrogen) atoms. The van der Waals surface area contributed by atoms with Gasteiger partial charge in [0.05, 0.1) is 0 Å². The molecule has 0 aromatic heterocycles. The molecule has 0 bridgehead atoms. The van der Waals surface area contributed by atoms with E-state index < -0.39 is 30.9 Å². The fraction of sp³-hybridized carbons (Fsp3) is 0.417. The number of hydrogen-bond acceptors (Lipinski definition) is 1. The standard InChI is InChI=1S/C12H13F3O2/c13-12(14,15)8-10(7-11(16)17)6-9-4-2-1-3-5-9/h1-5,10H,6-8H2,(H,16,17). The minimum Gasteiger partial charge on any atom is -0.481 e. The van der Waals surface area contributed by atoms with Crippen LogP contribution in [-0.4, -0.2) is 17.3 Å². The monoisotopic (exact) mass is 246 g/mol. The molecule has 0 aliphatic carbocycles. The summed E-state index contributed by atoms with van der Waals surface area (Å²) in [6.45, 7) is 0. The van der Waals surface area contributed by atoms with E-state index in [1.165, 1.54) is 0 Å². The molecule has 94 valence electrons. The van der Waals surface area contributed by atoms with E-state index in [4.69, 9.17) is 5.11 Å². The van der Waals surface area contributed by atoms with Gasteiger partial charge in [-0.25, -0.2) is 0 Å². The van der Waals surface area contributed by atoms with E-state index in [-0.39, 0.29) is 6.42 Å². The Kier molecular flexibility index (Phi) is 4.54. The van der Waals surface area contributed by atoms with Crippen molar-refractivity contribution < 1.29 is 23.1 Å². The number of benzene rings is 1. The van der Waals surface area contributed by atoms with Crippen LogP contribution in [0.5, 0.6) is 0 Å². The first-order valence-corrected chi connectivity index (χ1v) is 5.19. The van der Waals surface area contributed by atoms with Gasteiger partial charge in [-0.2, -0.15) is 13.2 Å². The molecule has 0 spiro atoms. The molecule has 1 aromatic carbocycles. The Bertz CT molecular complexity index is 360. The largest absolute Gasteiger partial charge is 0.481 e. The molecular weight excluding hydrogens is 233 g/mol. The predicted octanol–water partition coefficient (Wildman–Crippen LogP) is 3.27. The van der Waals surface area contributed by atoms with Gasteiger partial charge in [-0.3, -0.25) is 4.79 Å². The molecule has 0 aliphatic rings. The normalized spacial score (nSPS) is 13.4. The zero-order valence-corrected chi connectivity index (χ0v) is 9.07. The van der Waals surface area contributed by atoms with E-state index >= 15 is 0 Å². The van der Waals surface area contributed by atoms with Gasteiger partial charge in [-0.05, 0) is 17.9 Å². The van der Waals surface area contributed by atoms with Crippen molar-refractivity contribution in [1.29, 1.82) is 0 Å². The number of carboxylic acid groups (broad SMARTS) is 1. The molecule has 1 unspecified atom stereocenters. The number of alkyl halides is 3. The molecule has 0 fully saturated rings. The lowest BCUT2D eigenvalue weighted by molar-refractivity contribution is -0.150. The first-order chi connectivity index (χ1) is 7.87. The first kappa shape index (κ1) is 13.5. The van der Waals surface area contributed by atoms with Crippen LogP contribution < -0.4 is 0 Å². The summed E-state index contributed by atoms with van der Waals surface area (Å²) < 4.78 is 36.8. The Morgan fingerprint density at radius 3 is 2.29 bits per heavy atom. The van der Waals surface area contributed by atoms with Gasteiger partial charge >= 0.3 is 12.1 Å². The van der Waals surface area contributed by atoms with Crippen LogP contribution in [0.15, 0.2) is 30.3 Å². The SMILES string of the molecule is O=C(O)CC(Cc1ccccc1)CC(F)(F)F. The van der Waals surface area contributed by atoms with E-state index in [1.54, 1.807) is 30.3 Å². The number of carbonyl (C=O) groups is 1. The van der Waals surface area contributed by atoms with Crippen LogP contribution in [0.3, 0.4) is 0 Å². The third-order valence-corrected chi connectivity index (χ3v) is 2.35. The lowest BCUT2D eigenvalue weighted by Crippen LogP contribution is -2.19. The number of hydrogen-bond donors (Lipinski definition) is 1. The van der Waals surface area contributed by atoms with E-state index in [2.05, 4.69) is 0 Å². The summed E-state index contributed by atoms with van der Waals surface area (Å²) in [5, 5.41) is 8.59. The van der Waals surface area contributed by atoms with Crippen molar-refractivity contribution in [2.45, 2.75) is 25.4 Å². The van der Waals surface area contributed by atoms with E-state index in [9.17, 15) is 18.0 Å². The molecule has 2 nitrogen and oxygen atoms in total. The predicted molar refractivity (Wildman–Crippen MR) is 56.6 cm³/mol. The van der Waals surface area contributed by atoms with Gasteiger partial charge in [-0.1, -0.05) is 30.3 Å². The molecular formula is C12H13F3O2. The Labute approximate surface area is 97.1 Å². The van der Waals surface area contributed by atoms with Crippen LogP contribution in [0.1, 0.15) is 18.4 Å². The van der Waals surface area contributed by atoms with Gasteiger partial charge in [0, 0.05) is 12.8 Å². The van der Waals surface area contributed by atoms with Crippen molar-refractivity contribution in [3.8, 4) is 0 Å². The minimum absolute atomic E-state index is 0.132. The van der Waals surface area contributed by atoms with Crippen LogP contribution in [0, 0.1) is 5.92 Å². The maximum absolute atomic E-state index is 12.3. The topological polar surface area (TPSA) is 37.3 Å². The Morgan fingerprint density at radius 2 is 1.82 bits per heavy atom. The summed E-state index contributed by atoms with van der Waals surface area (Å²) in [6.07, 6.45) is -5.72. The van der Waals surface area contributed by atoms with Gasteiger partial charge in [0.25, 0.3) is 0 Å². The van der Waals surface area contributed by atoms with Crippen molar-refractivity contribution in [3.63, 3.8) is 0 Å². The summed E-state index contributed by atoms with van der Waals surface area (Å²) >= 11 is 0. The number of rotatable bonds is 5. The number of aliphatic carboxylic acids is 1. The molecule has 1 atom stereocenters. The summed E-state index contributed by atoms with van der Waals surface area (Å²) in [7, 11) is 0. The van der Waals surface area contributed by atoms with Crippen molar-refractivity contribution in [1.82, 2.24) is 0 Å². The molecule has 0 heterocycles. The van der Waals surface area contributed by atoms with Crippen LogP contribution in [0.4, 0.5) is 13.2 Å². The highest BCUT2D eigenvalue weighted by molar-refractivity contribution is 5.67. The third-order valence-electron chi connectivity index (χ3n) is 2.35. The highest BCUT2D eigenvalue weighted by Gasteiger charge is 2.32. The number of carboxylic acids is 1. The summed E-state index contributed by atoms with van der Waals surface area (Å²) in [5.41, 5.74) is 0.725. The van der Waals surface area contributed by atoms with E-state index in [0.29, 0.717) is 0 Å². The maximum atomic E-state index is 12.3. The van der Waals surface area contributed by atoms with Gasteiger partial charge in [0.2, 0.25) is 0 Å². The summed E-state index contributed by atoms with van der Waals surface area (Å²) in [6, 6.07) is 8.61. The fourth-order valence-corrected chi connectivity index (χ4v) is 1.74. The number of halogens is 3. The molecule has 0 saturated carbocycles. The first-order valence-electron chi connectivity index (χ1n) is 5.19. The Morgan fingerprint density at radius 1 is 1.24 bits per heavy atom. The molecule has 0 aliphatic heterocycles. The van der Waals surface area contributed by atoms with Crippen LogP contribution >= 0.6 is 0 Å².